The Balaban J connectivity index is 2.68. The van der Waals surface area contributed by atoms with Gasteiger partial charge in [0.2, 0.25) is 0 Å². The van der Waals surface area contributed by atoms with Crippen molar-refractivity contribution in [3.05, 3.63) is 29.8 Å². The molecule has 0 amide bonds. The van der Waals surface area contributed by atoms with Gasteiger partial charge in [0.05, 0.1) is 6.21 Å². The summed E-state index contributed by atoms with van der Waals surface area (Å²) < 4.78 is 0. The summed E-state index contributed by atoms with van der Waals surface area (Å²) in [5.41, 5.74) is 14.8. The van der Waals surface area contributed by atoms with Crippen LogP contribution in [0.25, 0.3) is 0 Å². The number of rotatable bonds is 2. The maximum Gasteiger partial charge on any atom is 0.184 e. The largest absolute Gasteiger partial charge is 0.398 e. The number of nitrogens with zero attached hydrogens (tertiary/aromatic N) is 1. The maximum absolute atomic E-state index is 5.65. The Hall–Kier alpha value is -1.62. The van der Waals surface area contributed by atoms with Crippen molar-refractivity contribution < 1.29 is 0 Å². The highest BCUT2D eigenvalue weighted by molar-refractivity contribution is 7.80. The average Bonchev–Trinajstić information content (AvgIpc) is 2.08. The van der Waals surface area contributed by atoms with Crippen molar-refractivity contribution in [3.8, 4) is 0 Å². The van der Waals surface area contributed by atoms with E-state index in [1.807, 2.05) is 18.2 Å². The first-order valence-corrected chi connectivity index (χ1v) is 4.04. The van der Waals surface area contributed by atoms with Crippen molar-refractivity contribution in [2.75, 3.05) is 5.73 Å². The third kappa shape index (κ3) is 3.08. The second-order valence-electron chi connectivity index (χ2n) is 2.36. The first kappa shape index (κ1) is 9.47. The van der Waals surface area contributed by atoms with Gasteiger partial charge >= 0.3 is 0 Å². The van der Waals surface area contributed by atoms with Crippen LogP contribution in [-0.2, 0) is 0 Å². The topological polar surface area (TPSA) is 76.4 Å². The zero-order valence-electron chi connectivity index (χ0n) is 6.90. The van der Waals surface area contributed by atoms with Gasteiger partial charge in [0.15, 0.2) is 5.11 Å². The number of nitrogen functional groups attached to an aromatic ring is 1. The van der Waals surface area contributed by atoms with E-state index < -0.39 is 0 Å². The molecular weight excluding hydrogens is 184 g/mol. The van der Waals surface area contributed by atoms with E-state index in [-0.39, 0.29) is 5.11 Å². The zero-order valence-corrected chi connectivity index (χ0v) is 7.71. The van der Waals surface area contributed by atoms with Crippen LogP contribution in [0.2, 0.25) is 0 Å². The number of para-hydroxylation sites is 1. The summed E-state index contributed by atoms with van der Waals surface area (Å²) in [5, 5.41) is 3.91. The predicted molar refractivity (Wildman–Crippen MR) is 58.4 cm³/mol. The molecule has 68 valence electrons. The molecule has 0 aliphatic rings. The first-order chi connectivity index (χ1) is 6.20. The highest BCUT2D eigenvalue weighted by Gasteiger charge is 1.91. The number of hydrazone groups is 1. The molecule has 0 bridgehead atoms. The minimum absolute atomic E-state index is 0.130. The van der Waals surface area contributed by atoms with Crippen LogP contribution in [0.4, 0.5) is 5.69 Å². The number of benzene rings is 1. The second kappa shape index (κ2) is 4.42. The Kier molecular flexibility index (Phi) is 3.22. The van der Waals surface area contributed by atoms with E-state index in [0.717, 1.165) is 5.56 Å². The summed E-state index contributed by atoms with van der Waals surface area (Å²) in [5.74, 6) is 0. The maximum atomic E-state index is 5.65. The fraction of sp³-hybridized carbons (Fsp3) is 0. The molecule has 0 saturated heterocycles. The Morgan fingerprint density at radius 2 is 2.15 bits per heavy atom. The summed E-state index contributed by atoms with van der Waals surface area (Å²) >= 11 is 4.57. The third-order valence-electron chi connectivity index (χ3n) is 1.37. The van der Waals surface area contributed by atoms with Crippen molar-refractivity contribution in [2.24, 2.45) is 10.8 Å². The molecule has 5 heteroatoms. The minimum Gasteiger partial charge on any atom is -0.398 e. The monoisotopic (exact) mass is 194 g/mol. The van der Waals surface area contributed by atoms with E-state index in [9.17, 15) is 0 Å². The van der Waals surface area contributed by atoms with E-state index in [2.05, 4.69) is 22.7 Å². The normalized spacial score (nSPS) is 10.2. The Morgan fingerprint density at radius 1 is 1.46 bits per heavy atom. The van der Waals surface area contributed by atoms with Gasteiger partial charge in [-0.05, 0) is 18.3 Å². The fourth-order valence-corrected chi connectivity index (χ4v) is 0.847. The Bertz CT molecular complexity index is 335. The Labute approximate surface area is 81.6 Å². The third-order valence-corrected chi connectivity index (χ3v) is 1.47. The molecule has 1 aromatic rings. The van der Waals surface area contributed by atoms with Crippen molar-refractivity contribution >= 4 is 29.2 Å². The number of hydrogen-bond donors (Lipinski definition) is 3. The van der Waals surface area contributed by atoms with Gasteiger partial charge in [-0.1, -0.05) is 18.2 Å². The van der Waals surface area contributed by atoms with Crippen LogP contribution in [0.1, 0.15) is 5.56 Å². The van der Waals surface area contributed by atoms with Crippen LogP contribution in [-0.4, -0.2) is 11.3 Å². The summed E-state index contributed by atoms with van der Waals surface area (Å²) in [6, 6.07) is 7.37. The van der Waals surface area contributed by atoms with Crippen molar-refractivity contribution in [3.63, 3.8) is 0 Å². The standard InChI is InChI=1S/C8H10N4S/c9-7-4-2-1-3-6(7)5-11-12-8(10)13/h1-5H,9H2,(H3,10,12,13)/b11-5+. The van der Waals surface area contributed by atoms with E-state index in [4.69, 9.17) is 11.5 Å². The van der Waals surface area contributed by atoms with Crippen LogP contribution in [0.3, 0.4) is 0 Å². The van der Waals surface area contributed by atoms with Gasteiger partial charge in [-0.3, -0.25) is 5.43 Å². The number of thiocarbonyl (C=S) groups is 1. The number of nitrogens with one attached hydrogen (secondary N) is 1. The highest BCUT2D eigenvalue weighted by atomic mass is 32.1. The molecule has 5 N–H and O–H groups in total. The van der Waals surface area contributed by atoms with Crippen LogP contribution in [0, 0.1) is 0 Å². The number of nitrogens with two attached hydrogens (primary N) is 2. The molecule has 1 rings (SSSR count). The molecule has 1 aromatic carbocycles. The summed E-state index contributed by atoms with van der Waals surface area (Å²) in [7, 11) is 0. The number of anilines is 1. The lowest BCUT2D eigenvalue weighted by Gasteiger charge is -1.98. The smallest absolute Gasteiger partial charge is 0.184 e. The van der Waals surface area contributed by atoms with Crippen LogP contribution >= 0.6 is 12.2 Å². The molecular formula is C8H10N4S. The molecule has 4 nitrogen and oxygen atoms in total. The van der Waals surface area contributed by atoms with Gasteiger partial charge in [0.1, 0.15) is 0 Å². The first-order valence-electron chi connectivity index (χ1n) is 3.63. The SMILES string of the molecule is NC(=S)N/N=C/c1ccccc1N. The van der Waals surface area contributed by atoms with Gasteiger partial charge in [-0.2, -0.15) is 5.10 Å². The summed E-state index contributed by atoms with van der Waals surface area (Å²) in [6.07, 6.45) is 1.56. The van der Waals surface area contributed by atoms with E-state index in [1.165, 1.54) is 0 Å². The molecule has 0 spiro atoms. The van der Waals surface area contributed by atoms with E-state index in [1.54, 1.807) is 12.3 Å². The van der Waals surface area contributed by atoms with Gasteiger partial charge in [-0.25, -0.2) is 0 Å². The molecule has 0 fully saturated rings. The quantitative estimate of drug-likeness (QED) is 0.276. The summed E-state index contributed by atoms with van der Waals surface area (Å²) in [6.45, 7) is 0. The highest BCUT2D eigenvalue weighted by Crippen LogP contribution is 2.06. The van der Waals surface area contributed by atoms with Crippen molar-refractivity contribution in [1.29, 1.82) is 0 Å². The molecule has 0 unspecified atom stereocenters. The molecule has 0 aliphatic carbocycles. The zero-order chi connectivity index (χ0) is 9.68. The van der Waals surface area contributed by atoms with Crippen LogP contribution in [0.5, 0.6) is 0 Å². The minimum atomic E-state index is 0.130. The van der Waals surface area contributed by atoms with E-state index >= 15 is 0 Å². The lowest BCUT2D eigenvalue weighted by atomic mass is 10.2. The molecule has 0 aliphatic heterocycles. The van der Waals surface area contributed by atoms with Gasteiger partial charge in [0.25, 0.3) is 0 Å². The molecule has 0 radical (unpaired) electrons. The van der Waals surface area contributed by atoms with Crippen LogP contribution in [0.15, 0.2) is 29.4 Å². The van der Waals surface area contributed by atoms with E-state index in [0.29, 0.717) is 5.69 Å². The van der Waals surface area contributed by atoms with Crippen molar-refractivity contribution in [2.45, 2.75) is 0 Å². The lowest BCUT2D eigenvalue weighted by Crippen LogP contribution is -2.24. The van der Waals surface area contributed by atoms with Crippen molar-refractivity contribution in [1.82, 2.24) is 5.43 Å². The van der Waals surface area contributed by atoms with Gasteiger partial charge < -0.3 is 11.5 Å². The molecule has 13 heavy (non-hydrogen) atoms. The number of hydrogen-bond acceptors (Lipinski definition) is 3. The molecule has 0 heterocycles. The average molecular weight is 194 g/mol. The fourth-order valence-electron chi connectivity index (χ4n) is 0.794. The molecule has 0 atom stereocenters. The lowest BCUT2D eigenvalue weighted by molar-refractivity contribution is 1.04. The Morgan fingerprint density at radius 3 is 2.77 bits per heavy atom. The van der Waals surface area contributed by atoms with Crippen LogP contribution < -0.4 is 16.9 Å². The summed E-state index contributed by atoms with van der Waals surface area (Å²) in [4.78, 5) is 0. The second-order valence-corrected chi connectivity index (χ2v) is 2.80. The van der Waals surface area contributed by atoms with Gasteiger partial charge in [0, 0.05) is 11.3 Å². The van der Waals surface area contributed by atoms with Gasteiger partial charge in [-0.15, -0.1) is 0 Å². The predicted octanol–water partition coefficient (Wildman–Crippen LogP) is 0.436. The molecule has 0 aromatic heterocycles. The molecule has 0 saturated carbocycles.